The number of carbonyl (C=O) groups excluding carboxylic acids is 1. The second-order valence-corrected chi connectivity index (χ2v) is 6.86. The fourth-order valence-corrected chi connectivity index (χ4v) is 3.72. The van der Waals surface area contributed by atoms with Crippen LogP contribution in [0.1, 0.15) is 61.5 Å². The second kappa shape index (κ2) is 8.15. The summed E-state index contributed by atoms with van der Waals surface area (Å²) < 4.78 is 0. The van der Waals surface area contributed by atoms with Crippen molar-refractivity contribution in [1.29, 1.82) is 0 Å². The summed E-state index contributed by atoms with van der Waals surface area (Å²) in [4.78, 5) is 13.1. The Morgan fingerprint density at radius 2 is 1.72 bits per heavy atom. The number of allylic oxidation sites excluding steroid dienone is 2. The van der Waals surface area contributed by atoms with Crippen molar-refractivity contribution in [3.05, 3.63) is 83.1 Å². The van der Waals surface area contributed by atoms with Crippen LogP contribution in [-0.2, 0) is 0 Å². The third kappa shape index (κ3) is 4.01. The molecule has 1 aliphatic carbocycles. The lowest BCUT2D eigenvalue weighted by atomic mass is 9.82. The first-order valence-electron chi connectivity index (χ1n) is 9.35. The number of nitrogens with one attached hydrogen (secondary N) is 1. The highest BCUT2D eigenvalue weighted by molar-refractivity contribution is 6.09. The van der Waals surface area contributed by atoms with Gasteiger partial charge < -0.3 is 5.32 Å². The van der Waals surface area contributed by atoms with Crippen LogP contribution in [0.3, 0.4) is 0 Å². The summed E-state index contributed by atoms with van der Waals surface area (Å²) in [5.74, 6) is 0.629. The highest BCUT2D eigenvalue weighted by Crippen LogP contribution is 2.34. The van der Waals surface area contributed by atoms with Crippen molar-refractivity contribution in [3.8, 4) is 0 Å². The van der Waals surface area contributed by atoms with Crippen molar-refractivity contribution >= 4 is 5.78 Å². The van der Waals surface area contributed by atoms with Gasteiger partial charge >= 0.3 is 0 Å². The molecule has 0 bridgehead atoms. The third-order valence-corrected chi connectivity index (χ3v) is 5.19. The maximum atomic E-state index is 13.1. The standard InChI is InChI=1S/C23H27NO/c1-3-18-15-10-16-21(23(25)20-13-8-5-9-14-20)22(18)24-17(2)19-11-6-4-7-12-19/h4-9,11-14,17-18,24H,3,10,15-16H2,1-2H3/t17-,18+/m1/s1. The predicted octanol–water partition coefficient (Wildman–Crippen LogP) is 5.68. The molecule has 2 aromatic carbocycles. The van der Waals surface area contributed by atoms with Crippen LogP contribution in [0.15, 0.2) is 71.9 Å². The van der Waals surface area contributed by atoms with Gasteiger partial charge in [0, 0.05) is 22.9 Å². The van der Waals surface area contributed by atoms with E-state index in [1.807, 2.05) is 36.4 Å². The van der Waals surface area contributed by atoms with Gasteiger partial charge in [0.15, 0.2) is 5.78 Å². The van der Waals surface area contributed by atoms with Crippen LogP contribution in [0.25, 0.3) is 0 Å². The molecule has 0 amide bonds. The molecule has 0 aliphatic heterocycles. The quantitative estimate of drug-likeness (QED) is 0.689. The molecule has 2 heteroatoms. The van der Waals surface area contributed by atoms with E-state index < -0.39 is 0 Å². The number of hydrogen-bond donors (Lipinski definition) is 1. The Kier molecular flexibility index (Phi) is 5.70. The maximum Gasteiger partial charge on any atom is 0.190 e. The van der Waals surface area contributed by atoms with Crippen LogP contribution in [0.5, 0.6) is 0 Å². The lowest BCUT2D eigenvalue weighted by Crippen LogP contribution is -2.29. The minimum Gasteiger partial charge on any atom is -0.381 e. The summed E-state index contributed by atoms with van der Waals surface area (Å²) in [6.45, 7) is 4.39. The fourth-order valence-electron chi connectivity index (χ4n) is 3.72. The van der Waals surface area contributed by atoms with Gasteiger partial charge in [0.1, 0.15) is 0 Å². The van der Waals surface area contributed by atoms with Crippen molar-refractivity contribution in [1.82, 2.24) is 5.32 Å². The molecule has 3 rings (SSSR count). The van der Waals surface area contributed by atoms with Gasteiger partial charge in [-0.2, -0.15) is 0 Å². The summed E-state index contributed by atoms with van der Waals surface area (Å²) in [6.07, 6.45) is 4.19. The minimum atomic E-state index is 0.182. The van der Waals surface area contributed by atoms with Gasteiger partial charge in [-0.1, -0.05) is 67.6 Å². The maximum absolute atomic E-state index is 13.1. The number of rotatable bonds is 6. The van der Waals surface area contributed by atoms with Crippen LogP contribution >= 0.6 is 0 Å². The zero-order valence-electron chi connectivity index (χ0n) is 15.2. The molecule has 130 valence electrons. The SMILES string of the molecule is CC[C@H]1CCCC(C(=O)c2ccccc2)=C1N[C@H](C)c1ccccc1. The number of ketones is 1. The minimum absolute atomic E-state index is 0.182. The van der Waals surface area contributed by atoms with E-state index in [0.29, 0.717) is 5.92 Å². The van der Waals surface area contributed by atoms with E-state index in [1.54, 1.807) is 0 Å². The predicted molar refractivity (Wildman–Crippen MR) is 103 cm³/mol. The van der Waals surface area contributed by atoms with Crippen molar-refractivity contribution in [2.24, 2.45) is 5.92 Å². The van der Waals surface area contributed by atoms with Crippen LogP contribution in [-0.4, -0.2) is 5.78 Å². The van der Waals surface area contributed by atoms with Crippen LogP contribution in [0.4, 0.5) is 0 Å². The summed E-state index contributed by atoms with van der Waals surface area (Å²) in [5, 5.41) is 3.70. The van der Waals surface area contributed by atoms with Crippen molar-refractivity contribution < 1.29 is 4.79 Å². The van der Waals surface area contributed by atoms with E-state index in [-0.39, 0.29) is 11.8 Å². The molecule has 0 aromatic heterocycles. The first-order chi connectivity index (χ1) is 12.2. The Bertz CT molecular complexity index is 733. The normalized spacial score (nSPS) is 18.7. The number of Topliss-reactive ketones (excluding diaryl/α,β-unsaturated/α-hetero) is 1. The molecule has 25 heavy (non-hydrogen) atoms. The summed E-state index contributed by atoms with van der Waals surface area (Å²) >= 11 is 0. The van der Waals surface area contributed by atoms with Gasteiger partial charge in [-0.3, -0.25) is 4.79 Å². The largest absolute Gasteiger partial charge is 0.381 e. The van der Waals surface area contributed by atoms with Crippen LogP contribution < -0.4 is 5.32 Å². The van der Waals surface area contributed by atoms with Gasteiger partial charge in [0.05, 0.1) is 0 Å². The van der Waals surface area contributed by atoms with Gasteiger partial charge in [0.25, 0.3) is 0 Å². The van der Waals surface area contributed by atoms with E-state index in [4.69, 9.17) is 0 Å². The Morgan fingerprint density at radius 3 is 2.36 bits per heavy atom. The first-order valence-corrected chi connectivity index (χ1v) is 9.35. The van der Waals surface area contributed by atoms with E-state index in [1.165, 1.54) is 11.3 Å². The molecule has 2 atom stereocenters. The van der Waals surface area contributed by atoms with E-state index >= 15 is 0 Å². The third-order valence-electron chi connectivity index (χ3n) is 5.19. The molecule has 0 radical (unpaired) electrons. The van der Waals surface area contributed by atoms with E-state index in [0.717, 1.165) is 36.8 Å². The Labute approximate surface area is 151 Å². The number of hydrogen-bond acceptors (Lipinski definition) is 2. The van der Waals surface area contributed by atoms with Crippen LogP contribution in [0.2, 0.25) is 0 Å². The summed E-state index contributed by atoms with van der Waals surface area (Å²) in [7, 11) is 0. The van der Waals surface area contributed by atoms with E-state index in [2.05, 4.69) is 43.4 Å². The monoisotopic (exact) mass is 333 g/mol. The average Bonchev–Trinajstić information content (AvgIpc) is 2.69. The summed E-state index contributed by atoms with van der Waals surface area (Å²) in [5.41, 5.74) is 4.19. The molecule has 2 aromatic rings. The molecule has 2 nitrogen and oxygen atoms in total. The smallest absolute Gasteiger partial charge is 0.190 e. The summed E-state index contributed by atoms with van der Waals surface area (Å²) in [6, 6.07) is 20.3. The number of carbonyl (C=O) groups is 1. The van der Waals surface area contributed by atoms with E-state index in [9.17, 15) is 4.79 Å². The Balaban J connectivity index is 1.93. The van der Waals surface area contributed by atoms with Gasteiger partial charge in [0.2, 0.25) is 0 Å². The molecular formula is C23H27NO. The highest BCUT2D eigenvalue weighted by atomic mass is 16.1. The van der Waals surface area contributed by atoms with Gasteiger partial charge in [-0.25, -0.2) is 0 Å². The molecule has 0 saturated carbocycles. The zero-order valence-corrected chi connectivity index (χ0v) is 15.2. The molecule has 1 N–H and O–H groups in total. The molecule has 0 unspecified atom stereocenters. The lowest BCUT2D eigenvalue weighted by Gasteiger charge is -2.31. The fraction of sp³-hybridized carbons (Fsp3) is 0.348. The van der Waals surface area contributed by atoms with Gasteiger partial charge in [-0.05, 0) is 44.1 Å². The lowest BCUT2D eigenvalue weighted by molar-refractivity contribution is 0.102. The highest BCUT2D eigenvalue weighted by Gasteiger charge is 2.27. The van der Waals surface area contributed by atoms with Gasteiger partial charge in [-0.15, -0.1) is 0 Å². The van der Waals surface area contributed by atoms with Crippen molar-refractivity contribution in [3.63, 3.8) is 0 Å². The van der Waals surface area contributed by atoms with Crippen molar-refractivity contribution in [2.75, 3.05) is 0 Å². The topological polar surface area (TPSA) is 29.1 Å². The second-order valence-electron chi connectivity index (χ2n) is 6.86. The molecule has 0 saturated heterocycles. The Morgan fingerprint density at radius 1 is 1.08 bits per heavy atom. The molecule has 1 aliphatic rings. The molecule has 0 spiro atoms. The van der Waals surface area contributed by atoms with Crippen molar-refractivity contribution in [2.45, 2.75) is 45.6 Å². The zero-order chi connectivity index (χ0) is 17.6. The number of benzene rings is 2. The molecular weight excluding hydrogens is 306 g/mol. The van der Waals surface area contributed by atoms with Crippen LogP contribution in [0, 0.1) is 5.92 Å². The Hall–Kier alpha value is -2.35. The molecule has 0 heterocycles. The average molecular weight is 333 g/mol. The first kappa shape index (κ1) is 17.5. The molecule has 0 fully saturated rings.